The van der Waals surface area contributed by atoms with Crippen LogP contribution in [0.15, 0.2) is 36.4 Å². The third-order valence-corrected chi connectivity index (χ3v) is 3.45. The Kier molecular flexibility index (Phi) is 6.47. The molecule has 0 unspecified atom stereocenters. The molecule has 6 heteroatoms. The monoisotopic (exact) mass is 349 g/mol. The second-order valence-corrected chi connectivity index (χ2v) is 5.99. The van der Waals surface area contributed by atoms with Crippen molar-refractivity contribution in [3.8, 4) is 5.75 Å². The van der Waals surface area contributed by atoms with Gasteiger partial charge in [-0.15, -0.1) is 0 Å². The Bertz CT molecular complexity index is 727. The molecule has 0 saturated carbocycles. The highest BCUT2D eigenvalue weighted by Gasteiger charge is 2.15. The summed E-state index contributed by atoms with van der Waals surface area (Å²) in [6.45, 7) is 4.91. The Morgan fingerprint density at radius 3 is 2.44 bits per heavy atom. The molecule has 134 valence electrons. The molecule has 2 rings (SSSR count). The van der Waals surface area contributed by atoms with Crippen LogP contribution in [0.1, 0.15) is 29.8 Å². The molecule has 0 bridgehead atoms. The summed E-state index contributed by atoms with van der Waals surface area (Å²) in [6, 6.07) is 8.14. The first-order chi connectivity index (χ1) is 11.9. The lowest BCUT2D eigenvalue weighted by atomic mass is 10.1. The van der Waals surface area contributed by atoms with E-state index in [0.29, 0.717) is 23.8 Å². The molecule has 0 heterocycles. The van der Waals surface area contributed by atoms with Crippen molar-refractivity contribution < 1.29 is 23.0 Å². The maximum absolute atomic E-state index is 13.7. The predicted molar refractivity (Wildman–Crippen MR) is 91.8 cm³/mol. The number of ether oxygens (including phenoxy) is 2. The van der Waals surface area contributed by atoms with Crippen molar-refractivity contribution in [3.63, 3.8) is 0 Å². The van der Waals surface area contributed by atoms with Gasteiger partial charge < -0.3 is 14.8 Å². The lowest BCUT2D eigenvalue weighted by molar-refractivity contribution is 0.0952. The molecule has 2 aromatic rings. The van der Waals surface area contributed by atoms with Crippen LogP contribution in [0.3, 0.4) is 0 Å². The summed E-state index contributed by atoms with van der Waals surface area (Å²) in [6.07, 6.45) is 0. The summed E-state index contributed by atoms with van der Waals surface area (Å²) < 4.78 is 38.2. The number of carbonyl (C=O) groups excluding carboxylic acids is 1. The Labute approximate surface area is 145 Å². The van der Waals surface area contributed by atoms with Crippen molar-refractivity contribution in [2.45, 2.75) is 20.5 Å². The van der Waals surface area contributed by atoms with Gasteiger partial charge in [-0.25, -0.2) is 8.78 Å². The number of para-hydroxylation sites is 1. The number of benzene rings is 2. The first kappa shape index (κ1) is 18.9. The number of rotatable bonds is 7. The van der Waals surface area contributed by atoms with E-state index >= 15 is 0 Å². The maximum atomic E-state index is 13.7. The van der Waals surface area contributed by atoms with Crippen LogP contribution in [0.5, 0.6) is 5.75 Å². The van der Waals surface area contributed by atoms with Crippen molar-refractivity contribution in [2.24, 2.45) is 5.92 Å². The van der Waals surface area contributed by atoms with Crippen molar-refractivity contribution in [1.29, 1.82) is 0 Å². The number of methoxy groups -OCH3 is 1. The quantitative estimate of drug-likeness (QED) is 0.806. The maximum Gasteiger partial charge on any atom is 0.255 e. The molecular formula is C19H21F2NO3. The highest BCUT2D eigenvalue weighted by Crippen LogP contribution is 2.23. The van der Waals surface area contributed by atoms with Gasteiger partial charge in [-0.1, -0.05) is 19.9 Å². The minimum atomic E-state index is -0.831. The van der Waals surface area contributed by atoms with E-state index in [0.717, 1.165) is 12.1 Å². The van der Waals surface area contributed by atoms with E-state index in [2.05, 4.69) is 5.32 Å². The first-order valence-electron chi connectivity index (χ1n) is 7.92. The molecule has 0 aliphatic rings. The van der Waals surface area contributed by atoms with Gasteiger partial charge in [0.05, 0.1) is 13.7 Å². The van der Waals surface area contributed by atoms with Gasteiger partial charge in [0.15, 0.2) is 0 Å². The number of hydrogen-bond donors (Lipinski definition) is 1. The van der Waals surface area contributed by atoms with Crippen molar-refractivity contribution in [3.05, 3.63) is 59.2 Å². The van der Waals surface area contributed by atoms with E-state index < -0.39 is 23.2 Å². The molecule has 0 saturated heterocycles. The van der Waals surface area contributed by atoms with E-state index in [9.17, 15) is 13.6 Å². The summed E-state index contributed by atoms with van der Waals surface area (Å²) in [5.41, 5.74) is 0.470. The molecule has 1 amide bonds. The van der Waals surface area contributed by atoms with Gasteiger partial charge >= 0.3 is 0 Å². The van der Waals surface area contributed by atoms with Gasteiger partial charge in [0.1, 0.15) is 23.1 Å². The van der Waals surface area contributed by atoms with Crippen LogP contribution < -0.4 is 10.1 Å². The number of amides is 1. The zero-order valence-electron chi connectivity index (χ0n) is 14.4. The Morgan fingerprint density at radius 1 is 1.16 bits per heavy atom. The summed E-state index contributed by atoms with van der Waals surface area (Å²) in [7, 11) is 1.52. The van der Waals surface area contributed by atoms with Crippen LogP contribution in [-0.4, -0.2) is 19.6 Å². The average molecular weight is 349 g/mol. The van der Waals surface area contributed by atoms with Gasteiger partial charge in [-0.2, -0.15) is 0 Å². The molecule has 2 aromatic carbocycles. The highest BCUT2D eigenvalue weighted by molar-refractivity contribution is 6.04. The fourth-order valence-corrected chi connectivity index (χ4v) is 2.24. The number of carbonyl (C=O) groups is 1. The van der Waals surface area contributed by atoms with Gasteiger partial charge in [0, 0.05) is 17.7 Å². The van der Waals surface area contributed by atoms with E-state index in [-0.39, 0.29) is 12.2 Å². The van der Waals surface area contributed by atoms with Crippen LogP contribution in [0, 0.1) is 17.6 Å². The van der Waals surface area contributed by atoms with E-state index in [1.807, 2.05) is 13.8 Å². The van der Waals surface area contributed by atoms with Crippen molar-refractivity contribution in [1.82, 2.24) is 0 Å². The smallest absolute Gasteiger partial charge is 0.255 e. The van der Waals surface area contributed by atoms with Crippen LogP contribution in [0.4, 0.5) is 14.5 Å². The van der Waals surface area contributed by atoms with Crippen LogP contribution in [0.25, 0.3) is 0 Å². The van der Waals surface area contributed by atoms with E-state index in [4.69, 9.17) is 9.47 Å². The molecule has 1 N–H and O–H groups in total. The van der Waals surface area contributed by atoms with Gasteiger partial charge in [0.25, 0.3) is 5.91 Å². The van der Waals surface area contributed by atoms with Gasteiger partial charge in [0.2, 0.25) is 0 Å². The van der Waals surface area contributed by atoms with Crippen LogP contribution >= 0.6 is 0 Å². The topological polar surface area (TPSA) is 47.6 Å². The fraction of sp³-hybridized carbons (Fsp3) is 0.316. The summed E-state index contributed by atoms with van der Waals surface area (Å²) in [5, 5.41) is 2.26. The zero-order chi connectivity index (χ0) is 18.4. The first-order valence-corrected chi connectivity index (χ1v) is 7.92. The van der Waals surface area contributed by atoms with Crippen molar-refractivity contribution >= 4 is 11.6 Å². The average Bonchev–Trinajstić information content (AvgIpc) is 2.57. The minimum Gasteiger partial charge on any atom is -0.496 e. The number of halogens is 2. The number of anilines is 1. The molecule has 0 spiro atoms. The third-order valence-electron chi connectivity index (χ3n) is 3.45. The lowest BCUT2D eigenvalue weighted by Gasteiger charge is -2.13. The van der Waals surface area contributed by atoms with E-state index in [1.54, 1.807) is 12.1 Å². The molecular weight excluding hydrogens is 328 g/mol. The van der Waals surface area contributed by atoms with Gasteiger partial charge in [-0.05, 0) is 36.2 Å². The Hall–Kier alpha value is -2.47. The second kappa shape index (κ2) is 8.58. The number of hydrogen-bond acceptors (Lipinski definition) is 3. The van der Waals surface area contributed by atoms with Crippen LogP contribution in [0.2, 0.25) is 0 Å². The third kappa shape index (κ3) is 5.00. The highest BCUT2D eigenvalue weighted by atomic mass is 19.1. The molecule has 0 aliphatic carbocycles. The number of nitrogens with one attached hydrogen (secondary N) is 1. The second-order valence-electron chi connectivity index (χ2n) is 5.99. The van der Waals surface area contributed by atoms with Crippen LogP contribution in [-0.2, 0) is 11.3 Å². The summed E-state index contributed by atoms with van der Waals surface area (Å²) in [4.78, 5) is 12.3. The SMILES string of the molecule is COc1ccc(C(=O)Nc2c(F)cccc2F)cc1COCC(C)C. The Morgan fingerprint density at radius 2 is 1.84 bits per heavy atom. The summed E-state index contributed by atoms with van der Waals surface area (Å²) in [5.74, 6) is -1.32. The summed E-state index contributed by atoms with van der Waals surface area (Å²) >= 11 is 0. The van der Waals surface area contributed by atoms with Crippen molar-refractivity contribution in [2.75, 3.05) is 19.0 Å². The standard InChI is InChI=1S/C19H21F2NO3/c1-12(2)10-25-11-14-9-13(7-8-17(14)24-3)19(23)22-18-15(20)5-4-6-16(18)21/h4-9,12H,10-11H2,1-3H3,(H,22,23). The lowest BCUT2D eigenvalue weighted by Crippen LogP contribution is -2.15. The minimum absolute atomic E-state index is 0.256. The van der Waals surface area contributed by atoms with E-state index in [1.165, 1.54) is 19.2 Å². The van der Waals surface area contributed by atoms with Gasteiger partial charge in [-0.3, -0.25) is 4.79 Å². The molecule has 0 aromatic heterocycles. The molecule has 0 fully saturated rings. The molecule has 25 heavy (non-hydrogen) atoms. The zero-order valence-corrected chi connectivity index (χ0v) is 14.4. The predicted octanol–water partition coefficient (Wildman–Crippen LogP) is 4.40. The molecule has 0 aliphatic heterocycles. The fourth-order valence-electron chi connectivity index (χ4n) is 2.24. The molecule has 4 nitrogen and oxygen atoms in total. The Balaban J connectivity index is 2.19. The molecule has 0 radical (unpaired) electrons. The normalized spacial score (nSPS) is 10.8. The molecule has 0 atom stereocenters. The largest absolute Gasteiger partial charge is 0.496 e.